The molecule has 1 aromatic rings. The number of aliphatic carboxylic acids is 1. The van der Waals surface area contributed by atoms with Crippen LogP contribution < -0.4 is 43.4 Å². The van der Waals surface area contributed by atoms with E-state index in [2.05, 4.69) is 31.9 Å². The minimum Gasteiger partial charge on any atom is -0.481 e. The van der Waals surface area contributed by atoms with E-state index >= 15 is 0 Å². The third kappa shape index (κ3) is 18.1. The van der Waals surface area contributed by atoms with E-state index in [1.807, 2.05) is 20.1 Å². The van der Waals surface area contributed by atoms with Gasteiger partial charge < -0.3 is 48.5 Å². The average Bonchev–Trinajstić information content (AvgIpc) is 3.07. The summed E-state index contributed by atoms with van der Waals surface area (Å²) < 4.78 is 0. The molecule has 0 aromatic heterocycles. The highest BCUT2D eigenvalue weighted by molar-refractivity contribution is 7.98. The Bertz CT molecular complexity index is 1410. The van der Waals surface area contributed by atoms with E-state index in [0.717, 1.165) is 0 Å². The first-order valence-corrected chi connectivity index (χ1v) is 18.8. The highest BCUT2D eigenvalue weighted by Crippen LogP contribution is 2.09. The van der Waals surface area contributed by atoms with Crippen LogP contribution in [0.1, 0.15) is 65.9 Å². The molecule has 0 saturated heterocycles. The fourth-order valence-corrected chi connectivity index (χ4v) is 5.45. The van der Waals surface area contributed by atoms with Crippen molar-refractivity contribution in [2.45, 2.75) is 103 Å². The van der Waals surface area contributed by atoms with Crippen molar-refractivity contribution in [1.29, 1.82) is 0 Å². The zero-order valence-corrected chi connectivity index (χ0v) is 32.0. The van der Waals surface area contributed by atoms with Gasteiger partial charge in [0.2, 0.25) is 41.4 Å². The average molecular weight is 765 g/mol. The van der Waals surface area contributed by atoms with E-state index in [1.54, 1.807) is 44.2 Å². The Morgan fingerprint density at radius 3 is 1.91 bits per heavy atom. The largest absolute Gasteiger partial charge is 0.481 e. The van der Waals surface area contributed by atoms with Crippen molar-refractivity contribution < 1.29 is 43.5 Å². The number of hydrogen-bond donors (Lipinski definition) is 9. The van der Waals surface area contributed by atoms with Crippen molar-refractivity contribution in [2.75, 3.05) is 18.6 Å². The molecule has 0 aliphatic heterocycles. The van der Waals surface area contributed by atoms with Crippen molar-refractivity contribution in [1.82, 2.24) is 31.9 Å². The summed E-state index contributed by atoms with van der Waals surface area (Å²) in [6.07, 6.45) is 1.70. The number of primary amides is 1. The number of carboxylic acid groups (broad SMARTS) is 1. The molecule has 296 valence electrons. The number of amides is 7. The van der Waals surface area contributed by atoms with Crippen molar-refractivity contribution in [3.05, 3.63) is 35.9 Å². The van der Waals surface area contributed by atoms with Gasteiger partial charge in [-0.05, 0) is 49.2 Å². The Kier molecular flexibility index (Phi) is 20.8. The number of thioether (sulfide) groups is 1. The highest BCUT2D eigenvalue weighted by Gasteiger charge is 2.31. The molecule has 11 N–H and O–H groups in total. The highest BCUT2D eigenvalue weighted by atomic mass is 32.2. The van der Waals surface area contributed by atoms with Crippen LogP contribution in [0.2, 0.25) is 0 Å². The summed E-state index contributed by atoms with van der Waals surface area (Å²) in [6, 6.07) is 2.13. The summed E-state index contributed by atoms with van der Waals surface area (Å²) in [5.41, 5.74) is 11.7. The van der Waals surface area contributed by atoms with Crippen molar-refractivity contribution >= 4 is 59.1 Å². The summed E-state index contributed by atoms with van der Waals surface area (Å²) in [7, 11) is 0. The lowest BCUT2D eigenvalue weighted by Crippen LogP contribution is -2.58. The Balaban J connectivity index is 2.95. The first kappa shape index (κ1) is 46.3. The van der Waals surface area contributed by atoms with Gasteiger partial charge in [0, 0.05) is 19.4 Å². The normalized spacial score (nSPS) is 14.4. The number of rotatable bonds is 24. The molecule has 0 unspecified atom stereocenters. The van der Waals surface area contributed by atoms with Crippen LogP contribution in [-0.4, -0.2) is 107 Å². The fourth-order valence-electron chi connectivity index (χ4n) is 4.98. The van der Waals surface area contributed by atoms with Gasteiger partial charge in [-0.2, -0.15) is 11.8 Å². The first-order valence-electron chi connectivity index (χ1n) is 17.4. The lowest BCUT2D eigenvalue weighted by molar-refractivity contribution is -0.139. The summed E-state index contributed by atoms with van der Waals surface area (Å²) >= 11 is 1.50. The number of nitrogens with two attached hydrogens (primary N) is 2. The van der Waals surface area contributed by atoms with Crippen molar-refractivity contribution in [2.24, 2.45) is 23.3 Å². The SMILES string of the molecule is CSCC[C@H](NC(=O)[C@H](CC(C)C)NC(=O)CCNC(=O)[C@H](NC(=O)[C@@H](Cc1ccccc1)NC(=O)[C@H](C)NC(=O)[C@@H](N)CC(=O)O)C(C)C)C(N)=O. The van der Waals surface area contributed by atoms with Gasteiger partial charge in [-0.3, -0.25) is 38.4 Å². The van der Waals surface area contributed by atoms with E-state index in [9.17, 15) is 38.4 Å². The number of hydrogen-bond acceptors (Lipinski definition) is 10. The van der Waals surface area contributed by atoms with Gasteiger partial charge in [0.1, 0.15) is 30.2 Å². The van der Waals surface area contributed by atoms with Gasteiger partial charge in [-0.15, -0.1) is 0 Å². The Labute approximate surface area is 314 Å². The Morgan fingerprint density at radius 2 is 1.36 bits per heavy atom. The van der Waals surface area contributed by atoms with Crippen LogP contribution in [0.25, 0.3) is 0 Å². The van der Waals surface area contributed by atoms with Crippen molar-refractivity contribution in [3.63, 3.8) is 0 Å². The Morgan fingerprint density at radius 1 is 0.755 bits per heavy atom. The second-order valence-corrected chi connectivity index (χ2v) is 14.4. The lowest BCUT2D eigenvalue weighted by atomic mass is 10.0. The van der Waals surface area contributed by atoms with Crippen LogP contribution in [0.3, 0.4) is 0 Å². The molecule has 0 bridgehead atoms. The smallest absolute Gasteiger partial charge is 0.305 e. The molecule has 18 heteroatoms. The predicted octanol–water partition coefficient (Wildman–Crippen LogP) is -1.08. The second kappa shape index (κ2) is 23.8. The molecular formula is C35H56N8O9S. The minimum atomic E-state index is -1.39. The second-order valence-electron chi connectivity index (χ2n) is 13.5. The molecule has 0 heterocycles. The lowest BCUT2D eigenvalue weighted by Gasteiger charge is -2.26. The predicted molar refractivity (Wildman–Crippen MR) is 200 cm³/mol. The van der Waals surface area contributed by atoms with E-state index in [1.165, 1.54) is 18.7 Å². The molecule has 6 atom stereocenters. The van der Waals surface area contributed by atoms with Gasteiger partial charge in [-0.25, -0.2) is 0 Å². The molecule has 1 rings (SSSR count). The van der Waals surface area contributed by atoms with Crippen LogP contribution >= 0.6 is 11.8 Å². The monoisotopic (exact) mass is 764 g/mol. The molecular weight excluding hydrogens is 708 g/mol. The summed E-state index contributed by atoms with van der Waals surface area (Å²) in [5.74, 6) is -5.71. The number of nitrogens with one attached hydrogen (secondary N) is 6. The molecule has 0 aliphatic rings. The van der Waals surface area contributed by atoms with E-state index < -0.39 is 95.9 Å². The van der Waals surface area contributed by atoms with Gasteiger partial charge in [0.15, 0.2) is 0 Å². The maximum Gasteiger partial charge on any atom is 0.305 e. The number of benzene rings is 1. The maximum absolute atomic E-state index is 13.6. The van der Waals surface area contributed by atoms with Crippen molar-refractivity contribution in [3.8, 4) is 0 Å². The molecule has 7 amide bonds. The van der Waals surface area contributed by atoms with Crippen LogP contribution in [0.15, 0.2) is 30.3 Å². The summed E-state index contributed by atoms with van der Waals surface area (Å²) in [6.45, 7) is 8.38. The standard InChI is InChI=1S/C35H56N8O9S/c1-19(2)16-25(33(50)41-24(30(37)47)13-15-53-6)40-27(44)12-14-38-35(52)29(20(3)4)43-34(51)26(17-22-10-8-7-9-11-22)42-31(48)21(5)39-32(49)23(36)18-28(45)46/h7-11,19-21,23-26,29H,12-18,36H2,1-6H3,(H2,37,47)(H,38,52)(H,39,49)(H,40,44)(H,41,50)(H,42,48)(H,43,51)(H,45,46)/t21-,23-,24-,25-,26+,29+/m0/s1. The molecule has 0 aliphatic carbocycles. The molecule has 17 nitrogen and oxygen atoms in total. The first-order chi connectivity index (χ1) is 24.9. The van der Waals surface area contributed by atoms with E-state index in [0.29, 0.717) is 24.2 Å². The minimum absolute atomic E-state index is 0.0268. The number of carbonyl (C=O) groups is 8. The van der Waals surface area contributed by atoms with Crippen LogP contribution in [0.5, 0.6) is 0 Å². The van der Waals surface area contributed by atoms with Crippen LogP contribution in [0.4, 0.5) is 0 Å². The molecule has 0 saturated carbocycles. The third-order valence-electron chi connectivity index (χ3n) is 7.93. The topological polar surface area (TPSA) is 281 Å². The van der Waals surface area contributed by atoms with Crippen LogP contribution in [-0.2, 0) is 44.8 Å². The molecule has 0 radical (unpaired) electrons. The number of carbonyl (C=O) groups excluding carboxylic acids is 7. The summed E-state index contributed by atoms with van der Waals surface area (Å²) in [4.78, 5) is 101. The Hall–Kier alpha value is -4.71. The van der Waals surface area contributed by atoms with E-state index in [-0.39, 0.29) is 25.3 Å². The zero-order valence-electron chi connectivity index (χ0n) is 31.2. The fraction of sp³-hybridized carbons (Fsp3) is 0.600. The van der Waals surface area contributed by atoms with E-state index in [4.69, 9.17) is 16.6 Å². The van der Waals surface area contributed by atoms with Gasteiger partial charge in [0.25, 0.3) is 0 Å². The number of carboxylic acids is 1. The zero-order chi connectivity index (χ0) is 40.2. The van der Waals surface area contributed by atoms with Crippen LogP contribution in [0, 0.1) is 11.8 Å². The summed E-state index contributed by atoms with van der Waals surface area (Å²) in [5, 5.41) is 24.4. The third-order valence-corrected chi connectivity index (χ3v) is 8.57. The van der Waals surface area contributed by atoms with Gasteiger partial charge >= 0.3 is 5.97 Å². The molecule has 0 fully saturated rings. The molecule has 0 spiro atoms. The quantitative estimate of drug-likeness (QED) is 0.0611. The van der Waals surface area contributed by atoms with Gasteiger partial charge in [-0.1, -0.05) is 58.0 Å². The molecule has 1 aromatic carbocycles. The maximum atomic E-state index is 13.6. The van der Waals surface area contributed by atoms with Gasteiger partial charge in [0.05, 0.1) is 12.5 Å². The molecule has 53 heavy (non-hydrogen) atoms.